The van der Waals surface area contributed by atoms with Crippen LogP contribution < -0.4 is 23.2 Å². The van der Waals surface area contributed by atoms with E-state index in [0.717, 1.165) is 55.9 Å². The van der Waals surface area contributed by atoms with Crippen molar-refractivity contribution in [2.24, 2.45) is 35.2 Å². The van der Waals surface area contributed by atoms with Crippen molar-refractivity contribution in [2.75, 3.05) is 0 Å². The van der Waals surface area contributed by atoms with E-state index >= 15 is 0 Å². The summed E-state index contributed by atoms with van der Waals surface area (Å²) in [5.41, 5.74) is 43.3. The van der Waals surface area contributed by atoms with Crippen molar-refractivity contribution in [3.05, 3.63) is 365 Å². The van der Waals surface area contributed by atoms with Crippen molar-refractivity contribution in [3.63, 3.8) is 0 Å². The molecule has 0 aliphatic rings. The second-order valence-electron chi connectivity index (χ2n) is 37.4. The highest BCUT2D eigenvalue weighted by Crippen LogP contribution is 2.46. The number of aryl methyl sites for hydroxylation is 15. The maximum atomic E-state index is 5.03. The zero-order valence-corrected chi connectivity index (χ0v) is 80.2. The standard InChI is InChI=1S/C35H28N3.C24H22N3.2C20H22N3.C19H20N3/c1-23-21-24(2)36-33-29-17-10-11-18-30(29)35-31(22-37(3)38(35)34(23)33)32-27(25-13-6-4-7-14-25)19-12-20-28(32)26-15-8-5-9-16-26;1-15-7-5-8-16(2)21(15)19-10-6-9-18-20-12-14-26(4)27(20)24-17(3)11-13-25-23(24)22(18)19;1-12(2)17-10-13(3)20-18(21-17)15-8-6-7-9-16(15)19-14(4)11-22(5)23(19)20;1-12(2)17-10-13(3)20-19(21-17)16-9-7-6-8-15(16)18-11-14(4)22(5)23(18)20;1-12(2)16-11-13(3)19-18(20-16)15-8-6-5-7-14(15)17-9-10-21(4)22(17)19/h4-22H,1-3H3;5-14H,1-4H3;2*6-12H,1-5H3;5-12H,1-4H3/q5*+1. The number of hydrogen-bond donors (Lipinski definition) is 0. The lowest BCUT2D eigenvalue weighted by Gasteiger charge is -2.15. The molecule has 15 aromatic heterocycles. The molecule has 24 rings (SSSR count). The van der Waals surface area contributed by atoms with Crippen molar-refractivity contribution < 1.29 is 23.2 Å². The van der Waals surface area contributed by atoms with Crippen LogP contribution in [0.4, 0.5) is 0 Å². The molecule has 0 fully saturated rings. The predicted molar refractivity (Wildman–Crippen MR) is 548 cm³/mol. The van der Waals surface area contributed by atoms with Crippen molar-refractivity contribution in [3.8, 4) is 44.5 Å². The molecule has 0 saturated carbocycles. The summed E-state index contributed by atoms with van der Waals surface area (Å²) in [6, 6.07) is 93.3. The molecule has 0 aliphatic heterocycles. The average Bonchev–Trinajstić information content (AvgIpc) is 1.58. The number of hydrogen-bond acceptors (Lipinski definition) is 5. The van der Waals surface area contributed by atoms with Crippen LogP contribution in [0.5, 0.6) is 0 Å². The van der Waals surface area contributed by atoms with Gasteiger partial charge in [0.2, 0.25) is 11.7 Å². The number of pyridine rings is 10. The van der Waals surface area contributed by atoms with E-state index in [1.807, 2.05) is 6.20 Å². The van der Waals surface area contributed by atoms with Gasteiger partial charge in [-0.1, -0.05) is 252 Å². The number of benzene rings is 9. The predicted octanol–water partition coefficient (Wildman–Crippen LogP) is 25.4. The number of aromatic nitrogens is 15. The largest absolute Gasteiger partial charge is 0.265 e. The van der Waals surface area contributed by atoms with Gasteiger partial charge in [0.05, 0.1) is 23.7 Å². The smallest absolute Gasteiger partial charge is 0.254 e. The van der Waals surface area contributed by atoms with Gasteiger partial charge >= 0.3 is 0 Å². The topological polar surface area (TPSA) is 107 Å². The molecule has 0 saturated heterocycles. The highest BCUT2D eigenvalue weighted by atomic mass is 15.4. The second kappa shape index (κ2) is 33.9. The monoisotopic (exact) mass is 1740 g/mol. The third-order valence-electron chi connectivity index (χ3n) is 27.2. The van der Waals surface area contributed by atoms with Crippen LogP contribution in [0.25, 0.3) is 181 Å². The Kier molecular flexibility index (Phi) is 21.9. The van der Waals surface area contributed by atoms with Gasteiger partial charge in [-0.2, -0.15) is 4.68 Å². The van der Waals surface area contributed by atoms with Crippen molar-refractivity contribution in [1.29, 1.82) is 0 Å². The molecule has 15 heteroatoms. The van der Waals surface area contributed by atoms with Crippen LogP contribution in [-0.4, -0.2) is 47.7 Å². The summed E-state index contributed by atoms with van der Waals surface area (Å²) < 4.78 is 22.4. The highest BCUT2D eigenvalue weighted by Gasteiger charge is 2.31. The summed E-state index contributed by atoms with van der Waals surface area (Å²) in [6.07, 6.45) is 10.6. The summed E-state index contributed by atoms with van der Waals surface area (Å²) in [5.74, 6) is 1.27. The van der Waals surface area contributed by atoms with E-state index in [1.54, 1.807) is 0 Å². The number of nitrogens with zero attached hydrogens (tertiary/aromatic N) is 15. The minimum atomic E-state index is 0.424. The first-order valence-electron chi connectivity index (χ1n) is 46.5. The Bertz CT molecular complexity index is 8720. The fourth-order valence-electron chi connectivity index (χ4n) is 20.9. The Hall–Kier alpha value is -15.2. The van der Waals surface area contributed by atoms with Gasteiger partial charge in [-0.25, -0.2) is 4.98 Å². The maximum absolute atomic E-state index is 5.03. The third kappa shape index (κ3) is 14.4. The summed E-state index contributed by atoms with van der Waals surface area (Å²) in [6.45, 7) is 34.9. The number of fused-ring (bicyclic) bond motifs is 30. The van der Waals surface area contributed by atoms with Gasteiger partial charge in [0, 0.05) is 112 Å². The third-order valence-corrected chi connectivity index (χ3v) is 27.2. The molecule has 0 unspecified atom stereocenters. The summed E-state index contributed by atoms with van der Waals surface area (Å²) in [4.78, 5) is 24.9. The van der Waals surface area contributed by atoms with E-state index in [0.29, 0.717) is 17.8 Å². The van der Waals surface area contributed by atoms with Crippen LogP contribution >= 0.6 is 0 Å². The van der Waals surface area contributed by atoms with E-state index in [4.69, 9.17) is 24.9 Å². The van der Waals surface area contributed by atoms with Crippen molar-refractivity contribution >= 4 is 137 Å². The molecule has 133 heavy (non-hydrogen) atoms. The molecule has 0 spiro atoms. The summed E-state index contributed by atoms with van der Waals surface area (Å²) in [7, 11) is 10.5. The van der Waals surface area contributed by atoms with Crippen LogP contribution in [0.15, 0.2) is 292 Å². The number of rotatable bonds is 7. The zero-order valence-electron chi connectivity index (χ0n) is 80.2. The van der Waals surface area contributed by atoms with Gasteiger partial charge in [0.1, 0.15) is 71.7 Å². The maximum Gasteiger partial charge on any atom is 0.265 e. The Labute approximate surface area is 775 Å². The first-order chi connectivity index (χ1) is 64.2. The van der Waals surface area contributed by atoms with Gasteiger partial charge in [0.25, 0.3) is 5.52 Å². The molecular weight excluding hydrogens is 1630 g/mol. The van der Waals surface area contributed by atoms with E-state index < -0.39 is 0 Å². The van der Waals surface area contributed by atoms with Crippen LogP contribution in [0, 0.1) is 69.2 Å². The Morgan fingerprint density at radius 1 is 0.286 bits per heavy atom. The molecule has 0 atom stereocenters. The second-order valence-corrected chi connectivity index (χ2v) is 37.4. The van der Waals surface area contributed by atoms with E-state index in [9.17, 15) is 0 Å². The molecule has 15 nitrogen and oxygen atoms in total. The van der Waals surface area contributed by atoms with Crippen molar-refractivity contribution in [2.45, 2.75) is 129 Å². The average molecular weight is 1740 g/mol. The fraction of sp³-hybridized carbons (Fsp3) is 0.203. The van der Waals surface area contributed by atoms with E-state index in [-0.39, 0.29) is 0 Å². The molecule has 9 aromatic carbocycles. The minimum Gasteiger partial charge on any atom is -0.254 e. The molecule has 0 bridgehead atoms. The van der Waals surface area contributed by atoms with Gasteiger partial charge < -0.3 is 0 Å². The molecule has 0 amide bonds. The first kappa shape index (κ1) is 85.9. The highest BCUT2D eigenvalue weighted by molar-refractivity contribution is 6.19. The van der Waals surface area contributed by atoms with Crippen molar-refractivity contribution in [1.82, 2.24) is 47.7 Å². The zero-order chi connectivity index (χ0) is 92.5. The molecule has 15 heterocycles. The lowest BCUT2D eigenvalue weighted by atomic mass is 9.87. The summed E-state index contributed by atoms with van der Waals surface area (Å²) in [5, 5.41) is 12.3. The minimum absolute atomic E-state index is 0.424. The lowest BCUT2D eigenvalue weighted by molar-refractivity contribution is -0.735. The molecule has 0 radical (unpaired) electrons. The molecule has 656 valence electrons. The Morgan fingerprint density at radius 3 is 1.26 bits per heavy atom. The first-order valence-corrected chi connectivity index (χ1v) is 46.5. The van der Waals surface area contributed by atoms with Gasteiger partial charge in [-0.3, -0.25) is 19.9 Å². The van der Waals surface area contributed by atoms with Crippen LogP contribution in [-0.2, 0) is 35.2 Å². The molecule has 0 N–H and O–H groups in total. The van der Waals surface area contributed by atoms with Crippen LogP contribution in [0.2, 0.25) is 0 Å². The molecule has 24 aromatic rings. The lowest BCUT2D eigenvalue weighted by Crippen LogP contribution is -2.34. The Morgan fingerprint density at radius 2 is 0.699 bits per heavy atom. The van der Waals surface area contributed by atoms with Gasteiger partial charge in [-0.05, 0) is 190 Å². The van der Waals surface area contributed by atoms with E-state index in [2.05, 4.69) is 478 Å². The normalized spacial score (nSPS) is 11.8. The van der Waals surface area contributed by atoms with E-state index in [1.165, 1.54) is 198 Å². The quantitative estimate of drug-likeness (QED) is 0.117. The van der Waals surface area contributed by atoms with Crippen LogP contribution in [0.1, 0.15) is 132 Å². The van der Waals surface area contributed by atoms with Crippen LogP contribution in [0.3, 0.4) is 0 Å². The SMILES string of the molecule is Cc1c[n+](C)n2c1c1ccccc1c1nc(C(C)C)cc(C)c12.Cc1cc(C(C)C)nc2c3ccccc3c3cc(C)n(C)[n+]3c12.Cc1cc(C(C)C)nc2c3ccccc3c3cc[n+](C)n3c12.Cc1cc(C)c2c(n1)c1ccccc1c1c(-c3c(-c4ccccc4)cccc3-c3ccccc3)c[n+](C)n12.Cc1cccc(C)c1-c1cccc2c1c1nccc(C)c1n1c2cc[n+]1C. The van der Waals surface area contributed by atoms with Gasteiger partial charge in [0.15, 0.2) is 46.8 Å². The molecule has 0 aliphatic carbocycles. The summed E-state index contributed by atoms with van der Waals surface area (Å²) >= 11 is 0. The Balaban J connectivity index is 0.000000105. The van der Waals surface area contributed by atoms with Gasteiger partial charge in [-0.15, -0.1) is 36.8 Å². The fourth-order valence-corrected chi connectivity index (χ4v) is 20.9. The molecular formula is C118H114N15+5.